The first-order valence-corrected chi connectivity index (χ1v) is 8.36. The first-order chi connectivity index (χ1) is 9.45. The summed E-state index contributed by atoms with van der Waals surface area (Å²) in [6.07, 6.45) is 18.5. The van der Waals surface area contributed by atoms with Crippen molar-refractivity contribution in [3.63, 3.8) is 0 Å². The predicted molar refractivity (Wildman–Crippen MR) is 85.9 cm³/mol. The number of benzene rings is 1. The van der Waals surface area contributed by atoms with Crippen LogP contribution in [0, 0.1) is 0 Å². The third kappa shape index (κ3) is 2.96. The molecule has 19 heavy (non-hydrogen) atoms. The molecule has 2 aliphatic carbocycles. The summed E-state index contributed by atoms with van der Waals surface area (Å²) in [5, 5.41) is 4.76. The number of hydrogen-bond acceptors (Lipinski definition) is 0. The van der Waals surface area contributed by atoms with Crippen molar-refractivity contribution in [3.05, 3.63) is 77.4 Å². The molecule has 0 heterocycles. The van der Waals surface area contributed by atoms with E-state index in [1.165, 1.54) is 31.0 Å². The molecule has 0 bridgehead atoms. The van der Waals surface area contributed by atoms with Crippen molar-refractivity contribution in [2.75, 3.05) is 0 Å². The van der Waals surface area contributed by atoms with Crippen molar-refractivity contribution in [2.24, 2.45) is 0 Å². The van der Waals surface area contributed by atoms with E-state index in [0.29, 0.717) is 0 Å². The van der Waals surface area contributed by atoms with Gasteiger partial charge in [-0.3, -0.25) is 0 Å². The molecular weight excluding hydrogens is 247 g/mol. The van der Waals surface area contributed by atoms with E-state index in [-0.39, 0.29) is 7.92 Å². The number of allylic oxidation sites excluding steroid dienone is 8. The maximum atomic E-state index is 2.35. The molecular formula is C18H19P. The van der Waals surface area contributed by atoms with Crippen LogP contribution >= 0.6 is 7.92 Å². The molecule has 0 spiro atoms. The lowest BCUT2D eigenvalue weighted by atomic mass is 10.2. The van der Waals surface area contributed by atoms with Crippen molar-refractivity contribution < 1.29 is 0 Å². The highest BCUT2D eigenvalue weighted by atomic mass is 31.1. The van der Waals surface area contributed by atoms with Crippen LogP contribution in [0.15, 0.2) is 77.4 Å². The normalized spacial score (nSPS) is 18.4. The van der Waals surface area contributed by atoms with E-state index in [1.54, 1.807) is 10.6 Å². The Morgan fingerprint density at radius 3 is 1.79 bits per heavy atom. The first-order valence-electron chi connectivity index (χ1n) is 7.02. The van der Waals surface area contributed by atoms with E-state index in [2.05, 4.69) is 66.8 Å². The molecule has 1 aromatic rings. The maximum Gasteiger partial charge on any atom is -0.0157 e. The molecule has 0 aromatic heterocycles. The van der Waals surface area contributed by atoms with Gasteiger partial charge < -0.3 is 0 Å². The molecule has 0 aliphatic heterocycles. The van der Waals surface area contributed by atoms with Crippen LogP contribution in [0.4, 0.5) is 0 Å². The Hall–Kier alpha value is -1.39. The van der Waals surface area contributed by atoms with Gasteiger partial charge >= 0.3 is 0 Å². The maximum absolute atomic E-state index is 2.35. The van der Waals surface area contributed by atoms with Gasteiger partial charge in [0.2, 0.25) is 0 Å². The van der Waals surface area contributed by atoms with Crippen LogP contribution in [-0.4, -0.2) is 0 Å². The molecule has 0 nitrogen and oxygen atoms in total. The third-order valence-electron chi connectivity index (χ3n) is 3.57. The lowest BCUT2D eigenvalue weighted by molar-refractivity contribution is 1.000. The minimum Gasteiger partial charge on any atom is -0.0842 e. The van der Waals surface area contributed by atoms with E-state index >= 15 is 0 Å². The Kier molecular flexibility index (Phi) is 4.10. The highest BCUT2D eigenvalue weighted by molar-refractivity contribution is 7.73. The van der Waals surface area contributed by atoms with E-state index < -0.39 is 0 Å². The van der Waals surface area contributed by atoms with Crippen LogP contribution in [0.25, 0.3) is 0 Å². The molecule has 0 fully saturated rings. The molecule has 3 rings (SSSR count). The zero-order chi connectivity index (χ0) is 12.9. The van der Waals surface area contributed by atoms with Crippen LogP contribution in [0.2, 0.25) is 0 Å². The topological polar surface area (TPSA) is 0 Å². The fourth-order valence-electron chi connectivity index (χ4n) is 2.65. The van der Waals surface area contributed by atoms with Crippen LogP contribution in [0.1, 0.15) is 25.7 Å². The Bertz CT molecular complexity index is 514. The van der Waals surface area contributed by atoms with Gasteiger partial charge in [0.25, 0.3) is 0 Å². The van der Waals surface area contributed by atoms with Crippen LogP contribution in [-0.2, 0) is 0 Å². The van der Waals surface area contributed by atoms with Crippen molar-refractivity contribution in [2.45, 2.75) is 25.7 Å². The highest BCUT2D eigenvalue weighted by Gasteiger charge is 2.21. The minimum absolute atomic E-state index is 0.272. The van der Waals surface area contributed by atoms with Gasteiger partial charge in [-0.2, -0.15) is 0 Å². The number of hydrogen-bond donors (Lipinski definition) is 0. The summed E-state index contributed by atoms with van der Waals surface area (Å²) in [5.41, 5.74) is 0. The Morgan fingerprint density at radius 1 is 0.737 bits per heavy atom. The average Bonchev–Trinajstić information content (AvgIpc) is 2.51. The van der Waals surface area contributed by atoms with E-state index in [1.807, 2.05) is 0 Å². The standard InChI is InChI=1S/C18H19P/c1-4-10-16(11-5-1)19(17-12-6-2-7-13-17)18-14-8-3-9-15-18/h1-6,8,10-12,14H,7,9,13,15H2. The van der Waals surface area contributed by atoms with Gasteiger partial charge in [-0.15, -0.1) is 0 Å². The van der Waals surface area contributed by atoms with Crippen LogP contribution in [0.3, 0.4) is 0 Å². The van der Waals surface area contributed by atoms with Gasteiger partial charge in [0.1, 0.15) is 0 Å². The molecule has 0 radical (unpaired) electrons. The predicted octanol–water partition coefficient (Wildman–Crippen LogP) is 5.26. The summed E-state index contributed by atoms with van der Waals surface area (Å²) in [4.78, 5) is 0. The zero-order valence-electron chi connectivity index (χ0n) is 11.1. The summed E-state index contributed by atoms with van der Waals surface area (Å²) in [5.74, 6) is 0. The smallest absolute Gasteiger partial charge is 0.0157 e. The molecule has 0 amide bonds. The fourth-order valence-corrected chi connectivity index (χ4v) is 5.32. The molecule has 2 aliphatic rings. The summed E-state index contributed by atoms with van der Waals surface area (Å²) in [6, 6.07) is 11.0. The van der Waals surface area contributed by atoms with Crippen LogP contribution < -0.4 is 5.30 Å². The Morgan fingerprint density at radius 2 is 1.32 bits per heavy atom. The summed E-state index contributed by atoms with van der Waals surface area (Å²) in [7, 11) is -0.272. The Labute approximate surface area is 117 Å². The molecule has 96 valence electrons. The quantitative estimate of drug-likeness (QED) is 0.654. The van der Waals surface area contributed by atoms with Crippen molar-refractivity contribution in [1.29, 1.82) is 0 Å². The summed E-state index contributed by atoms with van der Waals surface area (Å²) in [6.45, 7) is 0. The summed E-state index contributed by atoms with van der Waals surface area (Å²) >= 11 is 0. The lowest BCUT2D eigenvalue weighted by Gasteiger charge is -2.26. The minimum atomic E-state index is -0.272. The van der Waals surface area contributed by atoms with Gasteiger partial charge in [0, 0.05) is 0 Å². The molecule has 0 saturated carbocycles. The molecule has 1 heteroatoms. The number of rotatable bonds is 3. The van der Waals surface area contributed by atoms with Crippen LogP contribution in [0.5, 0.6) is 0 Å². The zero-order valence-corrected chi connectivity index (χ0v) is 12.0. The largest absolute Gasteiger partial charge is 0.0842 e. The average molecular weight is 266 g/mol. The molecule has 0 unspecified atom stereocenters. The van der Waals surface area contributed by atoms with Crippen molar-refractivity contribution in [1.82, 2.24) is 0 Å². The Balaban J connectivity index is 2.00. The monoisotopic (exact) mass is 266 g/mol. The van der Waals surface area contributed by atoms with E-state index in [9.17, 15) is 0 Å². The van der Waals surface area contributed by atoms with Gasteiger partial charge in [0.15, 0.2) is 0 Å². The highest BCUT2D eigenvalue weighted by Crippen LogP contribution is 2.55. The second kappa shape index (κ2) is 6.17. The fraction of sp³-hybridized carbons (Fsp3) is 0.222. The molecule has 0 saturated heterocycles. The molecule has 0 N–H and O–H groups in total. The second-order valence-electron chi connectivity index (χ2n) is 4.92. The van der Waals surface area contributed by atoms with Gasteiger partial charge in [0.05, 0.1) is 0 Å². The lowest BCUT2D eigenvalue weighted by Crippen LogP contribution is -2.05. The van der Waals surface area contributed by atoms with E-state index in [4.69, 9.17) is 0 Å². The SMILES string of the molecule is C1=CCCC(P(C2=CC=CCC2)c2ccccc2)=C1. The molecule has 0 atom stereocenters. The summed E-state index contributed by atoms with van der Waals surface area (Å²) < 4.78 is 0. The van der Waals surface area contributed by atoms with Gasteiger partial charge in [-0.05, 0) is 49.5 Å². The van der Waals surface area contributed by atoms with Gasteiger partial charge in [-0.1, -0.05) is 66.8 Å². The second-order valence-corrected chi connectivity index (χ2v) is 7.26. The van der Waals surface area contributed by atoms with Crippen molar-refractivity contribution >= 4 is 13.2 Å². The van der Waals surface area contributed by atoms with Crippen molar-refractivity contribution in [3.8, 4) is 0 Å². The van der Waals surface area contributed by atoms with E-state index in [0.717, 1.165) is 0 Å². The van der Waals surface area contributed by atoms with Gasteiger partial charge in [-0.25, -0.2) is 0 Å². The third-order valence-corrected chi connectivity index (χ3v) is 6.28. The molecule has 1 aromatic carbocycles. The first kappa shape index (κ1) is 12.6.